The minimum Gasteiger partial charge on any atom is -0.236 e. The fourth-order valence-corrected chi connectivity index (χ4v) is 3.49. The zero-order valence-corrected chi connectivity index (χ0v) is 13.8. The molecule has 1 heterocycles. The Hall–Kier alpha value is -1.70. The van der Waals surface area contributed by atoms with Crippen molar-refractivity contribution in [1.82, 2.24) is 9.97 Å². The lowest BCUT2D eigenvalue weighted by Gasteiger charge is -2.28. The highest BCUT2D eigenvalue weighted by atomic mass is 14.9. The molecule has 0 amide bonds. The molecule has 2 aromatic rings. The van der Waals surface area contributed by atoms with Crippen LogP contribution in [0.2, 0.25) is 0 Å². The summed E-state index contributed by atoms with van der Waals surface area (Å²) in [5.74, 6) is 2.54. The summed E-state index contributed by atoms with van der Waals surface area (Å²) in [6.07, 6.45) is 11.7. The number of benzene rings is 1. The second-order valence-corrected chi connectivity index (χ2v) is 6.52. The Balaban J connectivity index is 1.69. The first-order valence-electron chi connectivity index (χ1n) is 8.71. The molecule has 1 aromatic heterocycles. The average Bonchev–Trinajstić information content (AvgIpc) is 2.62. The Labute approximate surface area is 134 Å². The lowest BCUT2D eigenvalue weighted by molar-refractivity contribution is 0.319. The standard InChI is InChI=1S/C20H26N2/c1-3-15-5-7-17(8-6-15)18-9-11-19(12-10-18)20-21-13-16(4-2)14-22-20/h9-15,17H,3-8H2,1-2H3. The highest BCUT2D eigenvalue weighted by Crippen LogP contribution is 2.37. The number of aromatic nitrogens is 2. The van der Waals surface area contributed by atoms with Gasteiger partial charge in [-0.1, -0.05) is 44.5 Å². The second-order valence-electron chi connectivity index (χ2n) is 6.52. The number of hydrogen-bond acceptors (Lipinski definition) is 2. The number of rotatable bonds is 4. The van der Waals surface area contributed by atoms with Gasteiger partial charge in [0.05, 0.1) is 0 Å². The van der Waals surface area contributed by atoms with Gasteiger partial charge < -0.3 is 0 Å². The van der Waals surface area contributed by atoms with E-state index in [1.807, 2.05) is 12.4 Å². The first kappa shape index (κ1) is 15.2. The van der Waals surface area contributed by atoms with Crippen molar-refractivity contribution in [2.24, 2.45) is 5.92 Å². The summed E-state index contributed by atoms with van der Waals surface area (Å²) in [4.78, 5) is 8.94. The Bertz CT molecular complexity index is 578. The van der Waals surface area contributed by atoms with E-state index in [1.165, 1.54) is 43.2 Å². The first-order valence-corrected chi connectivity index (χ1v) is 8.71. The van der Waals surface area contributed by atoms with E-state index in [0.717, 1.165) is 29.6 Å². The first-order chi connectivity index (χ1) is 10.8. The van der Waals surface area contributed by atoms with Crippen molar-refractivity contribution in [2.45, 2.75) is 58.3 Å². The van der Waals surface area contributed by atoms with Gasteiger partial charge in [-0.15, -0.1) is 0 Å². The third-order valence-corrected chi connectivity index (χ3v) is 5.18. The van der Waals surface area contributed by atoms with Crippen LogP contribution in [0.25, 0.3) is 11.4 Å². The van der Waals surface area contributed by atoms with E-state index in [9.17, 15) is 0 Å². The van der Waals surface area contributed by atoms with Gasteiger partial charge in [-0.05, 0) is 55.1 Å². The van der Waals surface area contributed by atoms with Gasteiger partial charge in [0.15, 0.2) is 5.82 Å². The molecule has 1 fully saturated rings. The summed E-state index contributed by atoms with van der Waals surface area (Å²) in [6.45, 7) is 4.45. The molecule has 0 unspecified atom stereocenters. The topological polar surface area (TPSA) is 25.8 Å². The van der Waals surface area contributed by atoms with Crippen molar-refractivity contribution >= 4 is 0 Å². The van der Waals surface area contributed by atoms with Crippen LogP contribution in [-0.4, -0.2) is 9.97 Å². The smallest absolute Gasteiger partial charge is 0.159 e. The maximum atomic E-state index is 4.47. The SMILES string of the molecule is CCc1cnc(-c2ccc(C3CCC(CC)CC3)cc2)nc1. The molecule has 1 aromatic carbocycles. The molecule has 0 N–H and O–H groups in total. The van der Waals surface area contributed by atoms with Crippen LogP contribution < -0.4 is 0 Å². The summed E-state index contributed by atoms with van der Waals surface area (Å²) >= 11 is 0. The van der Waals surface area contributed by atoms with Crippen molar-refractivity contribution in [1.29, 1.82) is 0 Å². The van der Waals surface area contributed by atoms with Crippen molar-refractivity contribution in [3.63, 3.8) is 0 Å². The maximum absolute atomic E-state index is 4.47. The summed E-state index contributed by atoms with van der Waals surface area (Å²) in [6, 6.07) is 8.93. The quantitative estimate of drug-likeness (QED) is 0.755. The van der Waals surface area contributed by atoms with Gasteiger partial charge in [0.1, 0.15) is 0 Å². The molecule has 1 aliphatic rings. The molecule has 0 radical (unpaired) electrons. The molecule has 0 saturated heterocycles. The molecule has 0 aliphatic heterocycles. The second kappa shape index (κ2) is 7.04. The maximum Gasteiger partial charge on any atom is 0.159 e. The van der Waals surface area contributed by atoms with Gasteiger partial charge in [-0.25, -0.2) is 9.97 Å². The summed E-state index contributed by atoms with van der Waals surface area (Å²) in [5, 5.41) is 0. The van der Waals surface area contributed by atoms with Gasteiger partial charge in [0.2, 0.25) is 0 Å². The Kier molecular flexibility index (Phi) is 4.87. The molecule has 2 heteroatoms. The van der Waals surface area contributed by atoms with Crippen molar-refractivity contribution < 1.29 is 0 Å². The molecule has 3 rings (SSSR count). The minimum absolute atomic E-state index is 0.750. The molecule has 22 heavy (non-hydrogen) atoms. The van der Waals surface area contributed by atoms with Crippen LogP contribution in [0.4, 0.5) is 0 Å². The highest BCUT2D eigenvalue weighted by Gasteiger charge is 2.21. The average molecular weight is 294 g/mol. The minimum atomic E-state index is 0.750. The van der Waals surface area contributed by atoms with E-state index in [1.54, 1.807) is 0 Å². The summed E-state index contributed by atoms with van der Waals surface area (Å²) in [5.41, 5.74) is 3.80. The van der Waals surface area contributed by atoms with Crippen LogP contribution in [0.1, 0.15) is 63.0 Å². The lowest BCUT2D eigenvalue weighted by atomic mass is 9.78. The highest BCUT2D eigenvalue weighted by molar-refractivity contribution is 5.55. The van der Waals surface area contributed by atoms with Crippen LogP contribution in [0.15, 0.2) is 36.7 Å². The Morgan fingerprint density at radius 3 is 2.09 bits per heavy atom. The molecular formula is C20H26N2. The Morgan fingerprint density at radius 2 is 1.55 bits per heavy atom. The number of hydrogen-bond donors (Lipinski definition) is 0. The van der Waals surface area contributed by atoms with Crippen LogP contribution in [0.5, 0.6) is 0 Å². The van der Waals surface area contributed by atoms with E-state index in [0.29, 0.717) is 0 Å². The normalized spacial score (nSPS) is 21.7. The molecule has 1 aliphatic carbocycles. The molecule has 2 nitrogen and oxygen atoms in total. The van der Waals surface area contributed by atoms with Crippen LogP contribution in [0, 0.1) is 5.92 Å². The monoisotopic (exact) mass is 294 g/mol. The van der Waals surface area contributed by atoms with Gasteiger partial charge >= 0.3 is 0 Å². The molecule has 1 saturated carbocycles. The fraction of sp³-hybridized carbons (Fsp3) is 0.500. The predicted molar refractivity (Wildman–Crippen MR) is 91.8 cm³/mol. The van der Waals surface area contributed by atoms with Crippen molar-refractivity contribution in [3.05, 3.63) is 47.8 Å². The van der Waals surface area contributed by atoms with Gasteiger partial charge in [-0.2, -0.15) is 0 Å². The van der Waals surface area contributed by atoms with Crippen LogP contribution in [0.3, 0.4) is 0 Å². The number of aryl methyl sites for hydroxylation is 1. The van der Waals surface area contributed by atoms with E-state index in [4.69, 9.17) is 0 Å². The molecule has 0 bridgehead atoms. The molecule has 116 valence electrons. The van der Waals surface area contributed by atoms with E-state index in [-0.39, 0.29) is 0 Å². The third-order valence-electron chi connectivity index (χ3n) is 5.18. The van der Waals surface area contributed by atoms with Crippen LogP contribution >= 0.6 is 0 Å². The lowest BCUT2D eigenvalue weighted by Crippen LogP contribution is -2.12. The Morgan fingerprint density at radius 1 is 0.909 bits per heavy atom. The van der Waals surface area contributed by atoms with E-state index in [2.05, 4.69) is 48.1 Å². The summed E-state index contributed by atoms with van der Waals surface area (Å²) < 4.78 is 0. The van der Waals surface area contributed by atoms with Crippen LogP contribution in [-0.2, 0) is 6.42 Å². The summed E-state index contributed by atoms with van der Waals surface area (Å²) in [7, 11) is 0. The zero-order valence-electron chi connectivity index (χ0n) is 13.8. The largest absolute Gasteiger partial charge is 0.236 e. The molecule has 0 atom stereocenters. The van der Waals surface area contributed by atoms with Crippen molar-refractivity contribution in [2.75, 3.05) is 0 Å². The van der Waals surface area contributed by atoms with E-state index >= 15 is 0 Å². The van der Waals surface area contributed by atoms with Gasteiger partial charge in [-0.3, -0.25) is 0 Å². The van der Waals surface area contributed by atoms with Gasteiger partial charge in [0.25, 0.3) is 0 Å². The van der Waals surface area contributed by atoms with Gasteiger partial charge in [0, 0.05) is 18.0 Å². The zero-order chi connectivity index (χ0) is 15.4. The third kappa shape index (κ3) is 3.37. The van der Waals surface area contributed by atoms with Crippen molar-refractivity contribution in [3.8, 4) is 11.4 Å². The molecule has 0 spiro atoms. The predicted octanol–water partition coefficient (Wildman–Crippen LogP) is 5.39. The fourth-order valence-electron chi connectivity index (χ4n) is 3.49. The van der Waals surface area contributed by atoms with E-state index < -0.39 is 0 Å². The number of nitrogens with zero attached hydrogens (tertiary/aromatic N) is 2. The molecular weight excluding hydrogens is 268 g/mol.